The van der Waals surface area contributed by atoms with Gasteiger partial charge < -0.3 is 13.4 Å². The highest BCUT2D eigenvalue weighted by Gasteiger charge is 2.24. The standard InChI is InChI=1S/C55H31N5O2/c1-2-14-33-31-47-41(29-32(33)13-1)37-17-5-8-20-43(37)59(47)46-27-26-40(52-51(46)39-19-7-12-24-49(39)62-52)54-56-53(34-25-28-50-42(30-34)38-18-6-11-23-48(38)61-50)57-55(58-54)60-44-21-9-3-15-35(44)36-16-4-10-22-45(36)60/h1-31H. The fourth-order valence-corrected chi connectivity index (χ4v) is 9.81. The molecule has 62 heavy (non-hydrogen) atoms. The zero-order chi connectivity index (χ0) is 40.5. The summed E-state index contributed by atoms with van der Waals surface area (Å²) in [6, 6.07) is 65.6. The normalized spacial score (nSPS) is 12.2. The van der Waals surface area contributed by atoms with E-state index in [1.54, 1.807) is 0 Å². The lowest BCUT2D eigenvalue weighted by Gasteiger charge is -2.13. The molecular formula is C55H31N5O2. The molecule has 0 saturated carbocycles. The van der Waals surface area contributed by atoms with Crippen LogP contribution in [0.3, 0.4) is 0 Å². The zero-order valence-electron chi connectivity index (χ0n) is 33.0. The Morgan fingerprint density at radius 2 is 0.919 bits per heavy atom. The first-order valence-corrected chi connectivity index (χ1v) is 20.8. The van der Waals surface area contributed by atoms with Crippen molar-refractivity contribution in [1.82, 2.24) is 24.1 Å². The summed E-state index contributed by atoms with van der Waals surface area (Å²) in [6.45, 7) is 0. The van der Waals surface area contributed by atoms with Gasteiger partial charge in [-0.05, 0) is 83.6 Å². The molecule has 0 aliphatic carbocycles. The third kappa shape index (κ3) is 4.67. The molecule has 0 N–H and O–H groups in total. The van der Waals surface area contributed by atoms with Crippen LogP contribution in [0.1, 0.15) is 0 Å². The van der Waals surface area contributed by atoms with Gasteiger partial charge in [-0.3, -0.25) is 4.57 Å². The van der Waals surface area contributed by atoms with Crippen molar-refractivity contribution in [2.45, 2.75) is 0 Å². The van der Waals surface area contributed by atoms with E-state index < -0.39 is 0 Å². The maximum absolute atomic E-state index is 6.95. The first-order chi connectivity index (χ1) is 30.7. The number of fused-ring (bicyclic) bond motifs is 13. The number of rotatable bonds is 4. The van der Waals surface area contributed by atoms with Gasteiger partial charge in [-0.2, -0.15) is 9.97 Å². The van der Waals surface area contributed by atoms with Crippen LogP contribution in [0.15, 0.2) is 197 Å². The van der Waals surface area contributed by atoms with Gasteiger partial charge in [-0.25, -0.2) is 4.98 Å². The van der Waals surface area contributed by atoms with Gasteiger partial charge in [0.25, 0.3) is 0 Å². The van der Waals surface area contributed by atoms with E-state index in [9.17, 15) is 0 Å². The molecule has 7 nitrogen and oxygen atoms in total. The van der Waals surface area contributed by atoms with Gasteiger partial charge in [-0.15, -0.1) is 0 Å². The Morgan fingerprint density at radius 1 is 0.355 bits per heavy atom. The van der Waals surface area contributed by atoms with Crippen LogP contribution in [-0.4, -0.2) is 24.1 Å². The smallest absolute Gasteiger partial charge is 0.238 e. The number of para-hydroxylation sites is 5. The van der Waals surface area contributed by atoms with Crippen molar-refractivity contribution in [2.24, 2.45) is 0 Å². The summed E-state index contributed by atoms with van der Waals surface area (Å²) in [5, 5.41) is 11.1. The number of furan rings is 2. The Bertz CT molecular complexity index is 4130. The average Bonchev–Trinajstić information content (AvgIpc) is 4.08. The quantitative estimate of drug-likeness (QED) is 0.177. The highest BCUT2D eigenvalue weighted by molar-refractivity contribution is 6.18. The Balaban J connectivity index is 1.08. The van der Waals surface area contributed by atoms with Gasteiger partial charge in [0.2, 0.25) is 5.95 Å². The second-order valence-electron chi connectivity index (χ2n) is 16.0. The van der Waals surface area contributed by atoms with E-state index in [0.29, 0.717) is 23.2 Å². The fraction of sp³-hybridized carbons (Fsp3) is 0. The summed E-state index contributed by atoms with van der Waals surface area (Å²) >= 11 is 0. The van der Waals surface area contributed by atoms with Crippen molar-refractivity contribution >= 4 is 98.3 Å². The van der Waals surface area contributed by atoms with Crippen LogP contribution in [0.2, 0.25) is 0 Å². The molecule has 0 radical (unpaired) electrons. The molecular weight excluding hydrogens is 763 g/mol. The number of benzene rings is 9. The molecule has 0 fully saturated rings. The van der Waals surface area contributed by atoms with E-state index in [1.165, 1.54) is 21.5 Å². The molecule has 0 amide bonds. The molecule has 0 atom stereocenters. The maximum atomic E-state index is 6.95. The fourth-order valence-electron chi connectivity index (χ4n) is 9.81. The van der Waals surface area contributed by atoms with E-state index in [0.717, 1.165) is 87.9 Å². The minimum Gasteiger partial charge on any atom is -0.456 e. The molecule has 0 saturated heterocycles. The van der Waals surface area contributed by atoms with E-state index >= 15 is 0 Å². The molecule has 14 rings (SSSR count). The lowest BCUT2D eigenvalue weighted by Crippen LogP contribution is -2.06. The minimum absolute atomic E-state index is 0.507. The molecule has 0 aliphatic rings. The van der Waals surface area contributed by atoms with Crippen LogP contribution in [0.5, 0.6) is 0 Å². The summed E-state index contributed by atoms with van der Waals surface area (Å²) in [6.07, 6.45) is 0. The average molecular weight is 794 g/mol. The minimum atomic E-state index is 0.507. The summed E-state index contributed by atoms with van der Waals surface area (Å²) in [5.74, 6) is 1.57. The number of nitrogens with zero attached hydrogens (tertiary/aromatic N) is 5. The molecule has 5 aromatic heterocycles. The summed E-state index contributed by atoms with van der Waals surface area (Å²) in [5.41, 5.74) is 10.1. The Hall–Kier alpha value is -8.55. The molecule has 7 heteroatoms. The highest BCUT2D eigenvalue weighted by Crippen LogP contribution is 2.43. The van der Waals surface area contributed by atoms with Gasteiger partial charge in [0.05, 0.1) is 38.7 Å². The number of hydrogen-bond donors (Lipinski definition) is 0. The third-order valence-corrected chi connectivity index (χ3v) is 12.6. The molecule has 14 aromatic rings. The van der Waals surface area contributed by atoms with Gasteiger partial charge in [-0.1, -0.05) is 115 Å². The predicted octanol–water partition coefficient (Wildman–Crippen LogP) is 14.4. The first-order valence-electron chi connectivity index (χ1n) is 20.8. The first kappa shape index (κ1) is 33.3. The molecule has 288 valence electrons. The van der Waals surface area contributed by atoms with Crippen LogP contribution in [-0.2, 0) is 0 Å². The van der Waals surface area contributed by atoms with Gasteiger partial charge in [0.15, 0.2) is 11.6 Å². The van der Waals surface area contributed by atoms with Crippen LogP contribution >= 0.6 is 0 Å². The van der Waals surface area contributed by atoms with Crippen molar-refractivity contribution in [3.8, 4) is 34.4 Å². The second-order valence-corrected chi connectivity index (χ2v) is 16.0. The Kier molecular flexibility index (Phi) is 6.71. The number of hydrogen-bond acceptors (Lipinski definition) is 5. The monoisotopic (exact) mass is 793 g/mol. The van der Waals surface area contributed by atoms with E-state index in [4.69, 9.17) is 23.8 Å². The van der Waals surface area contributed by atoms with E-state index in [2.05, 4.69) is 155 Å². The van der Waals surface area contributed by atoms with Crippen molar-refractivity contribution in [3.05, 3.63) is 188 Å². The van der Waals surface area contributed by atoms with Crippen LogP contribution in [0, 0.1) is 0 Å². The highest BCUT2D eigenvalue weighted by atomic mass is 16.3. The summed E-state index contributed by atoms with van der Waals surface area (Å²) < 4.78 is 17.7. The third-order valence-electron chi connectivity index (χ3n) is 12.6. The van der Waals surface area contributed by atoms with E-state index in [-0.39, 0.29) is 0 Å². The molecule has 5 heterocycles. The van der Waals surface area contributed by atoms with Crippen LogP contribution in [0.25, 0.3) is 133 Å². The van der Waals surface area contributed by atoms with E-state index in [1.807, 2.05) is 42.5 Å². The van der Waals surface area contributed by atoms with Crippen molar-refractivity contribution in [1.29, 1.82) is 0 Å². The topological polar surface area (TPSA) is 74.8 Å². The molecule has 0 spiro atoms. The van der Waals surface area contributed by atoms with Gasteiger partial charge in [0.1, 0.15) is 22.3 Å². The molecule has 9 aromatic carbocycles. The number of aromatic nitrogens is 5. The summed E-state index contributed by atoms with van der Waals surface area (Å²) in [4.78, 5) is 16.0. The largest absolute Gasteiger partial charge is 0.456 e. The maximum Gasteiger partial charge on any atom is 0.238 e. The molecule has 0 aliphatic heterocycles. The molecule has 0 bridgehead atoms. The lowest BCUT2D eigenvalue weighted by atomic mass is 10.0. The lowest BCUT2D eigenvalue weighted by molar-refractivity contribution is 0.669. The Labute approximate surface area is 352 Å². The van der Waals surface area contributed by atoms with Crippen molar-refractivity contribution in [3.63, 3.8) is 0 Å². The van der Waals surface area contributed by atoms with Crippen molar-refractivity contribution < 1.29 is 8.83 Å². The molecule has 0 unspecified atom stereocenters. The van der Waals surface area contributed by atoms with Crippen LogP contribution in [0.4, 0.5) is 0 Å². The van der Waals surface area contributed by atoms with Gasteiger partial charge >= 0.3 is 0 Å². The summed E-state index contributed by atoms with van der Waals surface area (Å²) in [7, 11) is 0. The van der Waals surface area contributed by atoms with Crippen molar-refractivity contribution in [2.75, 3.05) is 0 Å². The second kappa shape index (κ2) is 12.5. The SMILES string of the molecule is c1ccc2cc3c(cc2c1)c1ccccc1n3-c1ccc(-c2nc(-c3ccc4oc5ccccc5c4c3)nc(-n3c4ccccc4c4ccccc43)n2)c2oc3ccccc3c12. The predicted molar refractivity (Wildman–Crippen MR) is 251 cm³/mol. The van der Waals surface area contributed by atoms with Crippen LogP contribution < -0.4 is 0 Å². The van der Waals surface area contributed by atoms with Gasteiger partial charge in [0, 0.05) is 43.3 Å². The zero-order valence-corrected chi connectivity index (χ0v) is 33.0. The Morgan fingerprint density at radius 3 is 1.66 bits per heavy atom.